The molecule has 2 aromatic carbocycles. The van der Waals surface area contributed by atoms with E-state index in [0.29, 0.717) is 23.6 Å². The van der Waals surface area contributed by atoms with E-state index in [2.05, 4.69) is 9.88 Å². The Kier molecular flexibility index (Phi) is 5.16. The zero-order chi connectivity index (χ0) is 17.7. The monoisotopic (exact) mass is 358 g/mol. The van der Waals surface area contributed by atoms with E-state index in [-0.39, 0.29) is 11.4 Å². The summed E-state index contributed by atoms with van der Waals surface area (Å²) in [6, 6.07) is 17.7. The van der Waals surface area contributed by atoms with Crippen molar-refractivity contribution in [2.75, 3.05) is 13.7 Å². The molecule has 0 aliphatic rings. The Morgan fingerprint density at radius 1 is 1.08 bits per heavy atom. The maximum atomic E-state index is 12.3. The minimum absolute atomic E-state index is 0.193. The van der Waals surface area contributed by atoms with Crippen molar-refractivity contribution in [2.24, 2.45) is 0 Å². The van der Waals surface area contributed by atoms with Crippen molar-refractivity contribution in [1.82, 2.24) is 9.88 Å². The Morgan fingerprint density at radius 3 is 2.48 bits per heavy atom. The van der Waals surface area contributed by atoms with Crippen LogP contribution in [-0.4, -0.2) is 27.2 Å². The molecule has 25 heavy (non-hydrogen) atoms. The molecule has 0 unspecified atom stereocenters. The van der Waals surface area contributed by atoms with Gasteiger partial charge in [-0.2, -0.15) is 0 Å². The van der Waals surface area contributed by atoms with Gasteiger partial charge in [-0.15, -0.1) is 0 Å². The fourth-order valence-electron chi connectivity index (χ4n) is 2.32. The van der Waals surface area contributed by atoms with Gasteiger partial charge in [0.2, 0.25) is 10.0 Å². The number of rotatable bonds is 7. The predicted octanol–water partition coefficient (Wildman–Crippen LogP) is 2.87. The molecule has 0 saturated carbocycles. The van der Waals surface area contributed by atoms with Gasteiger partial charge in [-0.1, -0.05) is 35.5 Å². The van der Waals surface area contributed by atoms with Crippen molar-refractivity contribution in [1.29, 1.82) is 0 Å². The molecular weight excluding hydrogens is 340 g/mol. The lowest BCUT2D eigenvalue weighted by Gasteiger charge is -2.06. The summed E-state index contributed by atoms with van der Waals surface area (Å²) in [7, 11) is -2.03. The Labute approximate surface area is 146 Å². The standard InChI is InChI=1S/C18H18N2O4S/c1-23-16-7-9-17(10-8-16)25(21,22)19-12-11-15-13-18(24-20-15)14-5-3-2-4-6-14/h2-10,13,19H,11-12H2,1H3. The third-order valence-corrected chi connectivity index (χ3v) is 5.14. The van der Waals surface area contributed by atoms with Crippen molar-refractivity contribution in [3.8, 4) is 17.1 Å². The highest BCUT2D eigenvalue weighted by molar-refractivity contribution is 7.89. The summed E-state index contributed by atoms with van der Waals surface area (Å²) in [5.74, 6) is 1.27. The van der Waals surface area contributed by atoms with Crippen LogP contribution in [0.2, 0.25) is 0 Å². The second kappa shape index (κ2) is 7.50. The number of sulfonamides is 1. The van der Waals surface area contributed by atoms with Crippen molar-refractivity contribution in [3.63, 3.8) is 0 Å². The summed E-state index contributed by atoms with van der Waals surface area (Å²) in [4.78, 5) is 0.193. The highest BCUT2D eigenvalue weighted by Crippen LogP contribution is 2.20. The van der Waals surface area contributed by atoms with Crippen LogP contribution in [0.4, 0.5) is 0 Å². The number of hydrogen-bond donors (Lipinski definition) is 1. The van der Waals surface area contributed by atoms with Crippen molar-refractivity contribution in [3.05, 3.63) is 66.4 Å². The number of hydrogen-bond acceptors (Lipinski definition) is 5. The highest BCUT2D eigenvalue weighted by atomic mass is 32.2. The Hall–Kier alpha value is -2.64. The van der Waals surface area contributed by atoms with E-state index < -0.39 is 10.0 Å². The molecule has 1 N–H and O–H groups in total. The molecule has 0 fully saturated rings. The van der Waals surface area contributed by atoms with Crippen LogP contribution in [0.15, 0.2) is 70.1 Å². The number of nitrogens with one attached hydrogen (secondary N) is 1. The van der Waals surface area contributed by atoms with Crippen molar-refractivity contribution in [2.45, 2.75) is 11.3 Å². The van der Waals surface area contributed by atoms with Crippen LogP contribution in [0.3, 0.4) is 0 Å². The maximum absolute atomic E-state index is 12.3. The third kappa shape index (κ3) is 4.26. The van der Waals surface area contributed by atoms with Crippen LogP contribution < -0.4 is 9.46 Å². The molecule has 0 saturated heterocycles. The SMILES string of the molecule is COc1ccc(S(=O)(=O)NCCc2cc(-c3ccccc3)on2)cc1. The van der Waals surface area contributed by atoms with E-state index >= 15 is 0 Å². The first kappa shape index (κ1) is 17.2. The van der Waals surface area contributed by atoms with Gasteiger partial charge in [0.25, 0.3) is 0 Å². The molecule has 3 rings (SSSR count). The van der Waals surface area contributed by atoms with Gasteiger partial charge in [0, 0.05) is 24.6 Å². The van der Waals surface area contributed by atoms with Gasteiger partial charge < -0.3 is 9.26 Å². The van der Waals surface area contributed by atoms with Gasteiger partial charge in [0.15, 0.2) is 5.76 Å². The summed E-state index contributed by atoms with van der Waals surface area (Å²) in [6.45, 7) is 0.231. The van der Waals surface area contributed by atoms with E-state index in [1.807, 2.05) is 36.4 Å². The minimum Gasteiger partial charge on any atom is -0.497 e. The highest BCUT2D eigenvalue weighted by Gasteiger charge is 2.14. The number of aromatic nitrogens is 1. The molecule has 0 aliphatic heterocycles. The topological polar surface area (TPSA) is 81.4 Å². The second-order valence-electron chi connectivity index (χ2n) is 5.37. The predicted molar refractivity (Wildman–Crippen MR) is 93.8 cm³/mol. The van der Waals surface area contributed by atoms with Crippen LogP contribution >= 0.6 is 0 Å². The van der Waals surface area contributed by atoms with Crippen LogP contribution in [0.25, 0.3) is 11.3 Å². The fourth-order valence-corrected chi connectivity index (χ4v) is 3.35. The van der Waals surface area contributed by atoms with E-state index in [0.717, 1.165) is 5.56 Å². The molecule has 0 radical (unpaired) electrons. The molecule has 7 heteroatoms. The molecule has 0 spiro atoms. The average molecular weight is 358 g/mol. The lowest BCUT2D eigenvalue weighted by Crippen LogP contribution is -2.26. The molecule has 0 bridgehead atoms. The molecule has 1 heterocycles. The molecule has 6 nitrogen and oxygen atoms in total. The first-order valence-corrected chi connectivity index (χ1v) is 9.21. The minimum atomic E-state index is -3.56. The van der Waals surface area contributed by atoms with E-state index in [1.54, 1.807) is 12.1 Å². The molecule has 130 valence electrons. The normalized spacial score (nSPS) is 11.4. The molecule has 0 aliphatic carbocycles. The van der Waals surface area contributed by atoms with Gasteiger partial charge in [0.1, 0.15) is 5.75 Å². The zero-order valence-corrected chi connectivity index (χ0v) is 14.5. The number of methoxy groups -OCH3 is 1. The molecule has 0 atom stereocenters. The van der Waals surface area contributed by atoms with Crippen LogP contribution in [-0.2, 0) is 16.4 Å². The van der Waals surface area contributed by atoms with Crippen LogP contribution in [0, 0.1) is 0 Å². The van der Waals surface area contributed by atoms with Gasteiger partial charge in [-0.3, -0.25) is 0 Å². The third-order valence-electron chi connectivity index (χ3n) is 3.66. The lowest BCUT2D eigenvalue weighted by molar-refractivity contribution is 0.414. The smallest absolute Gasteiger partial charge is 0.240 e. The van der Waals surface area contributed by atoms with Crippen LogP contribution in [0.5, 0.6) is 5.75 Å². The molecular formula is C18H18N2O4S. The Bertz CT molecular complexity index is 919. The second-order valence-corrected chi connectivity index (χ2v) is 7.14. The van der Waals surface area contributed by atoms with Gasteiger partial charge >= 0.3 is 0 Å². The van der Waals surface area contributed by atoms with E-state index in [1.165, 1.54) is 19.2 Å². The zero-order valence-electron chi connectivity index (χ0n) is 13.7. The molecule has 3 aromatic rings. The number of ether oxygens (including phenoxy) is 1. The van der Waals surface area contributed by atoms with Gasteiger partial charge in [0.05, 0.1) is 17.7 Å². The van der Waals surface area contributed by atoms with E-state index in [4.69, 9.17) is 9.26 Å². The van der Waals surface area contributed by atoms with Crippen LogP contribution in [0.1, 0.15) is 5.69 Å². The molecule has 1 aromatic heterocycles. The first-order valence-electron chi connectivity index (χ1n) is 7.73. The average Bonchev–Trinajstić information content (AvgIpc) is 3.11. The molecule has 0 amide bonds. The number of benzene rings is 2. The summed E-state index contributed by atoms with van der Waals surface area (Å²) >= 11 is 0. The van der Waals surface area contributed by atoms with Crippen molar-refractivity contribution < 1.29 is 17.7 Å². The van der Waals surface area contributed by atoms with E-state index in [9.17, 15) is 8.42 Å². The maximum Gasteiger partial charge on any atom is 0.240 e. The largest absolute Gasteiger partial charge is 0.497 e. The summed E-state index contributed by atoms with van der Waals surface area (Å²) in [6.07, 6.45) is 0.436. The Balaban J connectivity index is 1.59. The Morgan fingerprint density at radius 2 is 1.80 bits per heavy atom. The van der Waals surface area contributed by atoms with Gasteiger partial charge in [-0.25, -0.2) is 13.1 Å². The number of nitrogens with zero attached hydrogens (tertiary/aromatic N) is 1. The lowest BCUT2D eigenvalue weighted by atomic mass is 10.1. The summed E-state index contributed by atoms with van der Waals surface area (Å²) < 4.78 is 37.4. The summed E-state index contributed by atoms with van der Waals surface area (Å²) in [5, 5.41) is 3.98. The quantitative estimate of drug-likeness (QED) is 0.702. The van der Waals surface area contributed by atoms with Crippen molar-refractivity contribution >= 4 is 10.0 Å². The summed E-state index contributed by atoms with van der Waals surface area (Å²) in [5.41, 5.74) is 1.62. The fraction of sp³-hybridized carbons (Fsp3) is 0.167. The first-order chi connectivity index (χ1) is 12.1. The van der Waals surface area contributed by atoms with Gasteiger partial charge in [-0.05, 0) is 24.3 Å².